The Morgan fingerprint density at radius 2 is 1.95 bits per heavy atom. The molecule has 0 aliphatic carbocycles. The highest BCUT2D eigenvalue weighted by Crippen LogP contribution is 2.29. The third kappa shape index (κ3) is 2.69. The van der Waals surface area contributed by atoms with Gasteiger partial charge in [0.1, 0.15) is 11.6 Å². The Bertz CT molecular complexity index is 689. The Kier molecular flexibility index (Phi) is 4.40. The molecule has 0 aliphatic rings. The number of carbonyl (C=O) groups is 1. The zero-order valence-electron chi connectivity index (χ0n) is 10.2. The molecule has 0 aliphatic heterocycles. The summed E-state index contributed by atoms with van der Waals surface area (Å²) in [6.07, 6.45) is 0. The standard InChI is InChI=1S/C14H8BrClF2O2/c1-20-12-6-11(17)9(15)5-8(12)14(19)7-3-2-4-10(16)13(7)18/h2-6H,1H3. The third-order valence-electron chi connectivity index (χ3n) is 2.68. The van der Waals surface area contributed by atoms with Crippen LogP contribution >= 0.6 is 27.5 Å². The fourth-order valence-electron chi connectivity index (χ4n) is 1.70. The molecule has 0 heterocycles. The van der Waals surface area contributed by atoms with E-state index in [0.717, 1.165) is 6.07 Å². The van der Waals surface area contributed by atoms with Crippen molar-refractivity contribution in [3.63, 3.8) is 0 Å². The van der Waals surface area contributed by atoms with Gasteiger partial charge in [-0.15, -0.1) is 0 Å². The lowest BCUT2D eigenvalue weighted by atomic mass is 10.0. The van der Waals surface area contributed by atoms with Crippen LogP contribution in [-0.2, 0) is 0 Å². The van der Waals surface area contributed by atoms with Gasteiger partial charge in [-0.3, -0.25) is 4.79 Å². The molecule has 2 rings (SSSR count). The van der Waals surface area contributed by atoms with Gasteiger partial charge in [0.25, 0.3) is 0 Å². The summed E-state index contributed by atoms with van der Waals surface area (Å²) < 4.78 is 32.3. The zero-order valence-corrected chi connectivity index (χ0v) is 12.6. The van der Waals surface area contributed by atoms with Crippen LogP contribution in [0.5, 0.6) is 5.75 Å². The molecule has 104 valence electrons. The average molecular weight is 362 g/mol. The summed E-state index contributed by atoms with van der Waals surface area (Å²) in [6.45, 7) is 0. The van der Waals surface area contributed by atoms with E-state index in [-0.39, 0.29) is 26.4 Å². The number of hydrogen-bond acceptors (Lipinski definition) is 2. The fraction of sp³-hybridized carbons (Fsp3) is 0.0714. The van der Waals surface area contributed by atoms with Crippen LogP contribution in [0.3, 0.4) is 0 Å². The fourth-order valence-corrected chi connectivity index (χ4v) is 2.22. The quantitative estimate of drug-likeness (QED) is 0.746. The van der Waals surface area contributed by atoms with Crippen molar-refractivity contribution in [3.05, 3.63) is 62.6 Å². The summed E-state index contributed by atoms with van der Waals surface area (Å²) in [6, 6.07) is 6.41. The lowest BCUT2D eigenvalue weighted by Crippen LogP contribution is -2.07. The van der Waals surface area contributed by atoms with Crippen LogP contribution in [0.15, 0.2) is 34.8 Å². The lowest BCUT2D eigenvalue weighted by molar-refractivity contribution is 0.103. The van der Waals surface area contributed by atoms with Gasteiger partial charge in [-0.25, -0.2) is 8.78 Å². The van der Waals surface area contributed by atoms with Crippen LogP contribution in [0.2, 0.25) is 5.02 Å². The summed E-state index contributed by atoms with van der Waals surface area (Å²) >= 11 is 8.63. The van der Waals surface area contributed by atoms with Crippen molar-refractivity contribution in [2.45, 2.75) is 0 Å². The first-order chi connectivity index (χ1) is 9.45. The van der Waals surface area contributed by atoms with Crippen molar-refractivity contribution >= 4 is 33.3 Å². The molecule has 2 nitrogen and oxygen atoms in total. The average Bonchev–Trinajstić information content (AvgIpc) is 2.43. The number of methoxy groups -OCH3 is 1. The first-order valence-corrected chi connectivity index (χ1v) is 6.64. The van der Waals surface area contributed by atoms with E-state index in [2.05, 4.69) is 15.9 Å². The summed E-state index contributed by atoms with van der Waals surface area (Å²) in [4.78, 5) is 12.3. The number of ketones is 1. The zero-order chi connectivity index (χ0) is 14.9. The topological polar surface area (TPSA) is 26.3 Å². The summed E-state index contributed by atoms with van der Waals surface area (Å²) in [7, 11) is 1.30. The molecule has 0 amide bonds. The minimum absolute atomic E-state index is 0.0232. The summed E-state index contributed by atoms with van der Waals surface area (Å²) in [5.74, 6) is -2.01. The van der Waals surface area contributed by atoms with E-state index in [1.54, 1.807) is 0 Å². The van der Waals surface area contributed by atoms with Crippen molar-refractivity contribution in [3.8, 4) is 5.75 Å². The number of ether oxygens (including phenoxy) is 1. The van der Waals surface area contributed by atoms with Gasteiger partial charge in [-0.05, 0) is 34.1 Å². The molecule has 0 bridgehead atoms. The second kappa shape index (κ2) is 5.89. The molecule has 2 aromatic carbocycles. The molecule has 2 aromatic rings. The van der Waals surface area contributed by atoms with E-state index >= 15 is 0 Å². The highest BCUT2D eigenvalue weighted by atomic mass is 79.9. The summed E-state index contributed by atoms with van der Waals surface area (Å²) in [5.41, 5.74) is -0.156. The predicted molar refractivity (Wildman–Crippen MR) is 75.5 cm³/mol. The number of benzene rings is 2. The maximum absolute atomic E-state index is 13.9. The van der Waals surface area contributed by atoms with Gasteiger partial charge in [0, 0.05) is 6.07 Å². The van der Waals surface area contributed by atoms with Crippen molar-refractivity contribution in [2.24, 2.45) is 0 Å². The Morgan fingerprint density at radius 1 is 1.25 bits per heavy atom. The Labute approximate surface area is 127 Å². The molecule has 0 saturated heterocycles. The Hall–Kier alpha value is -1.46. The van der Waals surface area contributed by atoms with Crippen molar-refractivity contribution in [1.82, 2.24) is 0 Å². The smallest absolute Gasteiger partial charge is 0.199 e. The van der Waals surface area contributed by atoms with E-state index < -0.39 is 17.4 Å². The van der Waals surface area contributed by atoms with Gasteiger partial charge in [-0.1, -0.05) is 17.7 Å². The van der Waals surface area contributed by atoms with Gasteiger partial charge in [0.05, 0.1) is 27.7 Å². The highest BCUT2D eigenvalue weighted by molar-refractivity contribution is 9.10. The molecule has 0 saturated carbocycles. The van der Waals surface area contributed by atoms with E-state index in [1.807, 2.05) is 0 Å². The molecule has 6 heteroatoms. The summed E-state index contributed by atoms with van der Waals surface area (Å²) in [5, 5.41) is -0.156. The molecule has 0 aromatic heterocycles. The van der Waals surface area contributed by atoms with E-state index in [0.29, 0.717) is 0 Å². The SMILES string of the molecule is COc1cc(F)c(Br)cc1C(=O)c1cccc(Cl)c1F. The molecular formula is C14H8BrClF2O2. The number of rotatable bonds is 3. The molecule has 0 radical (unpaired) electrons. The van der Waals surface area contributed by atoms with Crippen LogP contribution in [0, 0.1) is 11.6 Å². The van der Waals surface area contributed by atoms with Gasteiger partial charge < -0.3 is 4.74 Å². The molecule has 0 fully saturated rings. The highest BCUT2D eigenvalue weighted by Gasteiger charge is 2.21. The molecule has 0 spiro atoms. The van der Waals surface area contributed by atoms with E-state index in [9.17, 15) is 13.6 Å². The molecule has 20 heavy (non-hydrogen) atoms. The van der Waals surface area contributed by atoms with Crippen LogP contribution in [0.4, 0.5) is 8.78 Å². The van der Waals surface area contributed by atoms with Gasteiger partial charge in [0.15, 0.2) is 11.6 Å². The number of hydrogen-bond donors (Lipinski definition) is 0. The maximum Gasteiger partial charge on any atom is 0.199 e. The number of carbonyl (C=O) groups excluding carboxylic acids is 1. The molecule has 0 unspecified atom stereocenters. The van der Waals surface area contributed by atoms with Crippen LogP contribution in [-0.4, -0.2) is 12.9 Å². The monoisotopic (exact) mass is 360 g/mol. The van der Waals surface area contributed by atoms with Crippen LogP contribution < -0.4 is 4.74 Å². The maximum atomic E-state index is 13.9. The predicted octanol–water partition coefficient (Wildman–Crippen LogP) is 4.62. The van der Waals surface area contributed by atoms with Crippen molar-refractivity contribution in [2.75, 3.05) is 7.11 Å². The van der Waals surface area contributed by atoms with Gasteiger partial charge in [-0.2, -0.15) is 0 Å². The van der Waals surface area contributed by atoms with Gasteiger partial charge in [0.2, 0.25) is 0 Å². The Balaban J connectivity index is 2.59. The van der Waals surface area contributed by atoms with E-state index in [1.165, 1.54) is 31.4 Å². The van der Waals surface area contributed by atoms with Gasteiger partial charge >= 0.3 is 0 Å². The molecular weight excluding hydrogens is 354 g/mol. The second-order valence-corrected chi connectivity index (χ2v) is 5.16. The normalized spacial score (nSPS) is 10.4. The third-order valence-corrected chi connectivity index (χ3v) is 3.58. The van der Waals surface area contributed by atoms with E-state index in [4.69, 9.17) is 16.3 Å². The molecule has 0 atom stereocenters. The first-order valence-electron chi connectivity index (χ1n) is 5.47. The van der Waals surface area contributed by atoms with Crippen molar-refractivity contribution < 1.29 is 18.3 Å². The number of halogens is 4. The largest absolute Gasteiger partial charge is 0.496 e. The second-order valence-electron chi connectivity index (χ2n) is 3.90. The minimum Gasteiger partial charge on any atom is -0.496 e. The first kappa shape index (κ1) is 14.9. The Morgan fingerprint density at radius 3 is 2.60 bits per heavy atom. The lowest BCUT2D eigenvalue weighted by Gasteiger charge is -2.10. The molecule has 0 N–H and O–H groups in total. The van der Waals surface area contributed by atoms with Crippen LogP contribution in [0.25, 0.3) is 0 Å². The van der Waals surface area contributed by atoms with Crippen LogP contribution in [0.1, 0.15) is 15.9 Å². The van der Waals surface area contributed by atoms with Crippen molar-refractivity contribution in [1.29, 1.82) is 0 Å². The minimum atomic E-state index is -0.818.